The van der Waals surface area contributed by atoms with Crippen molar-refractivity contribution in [2.24, 2.45) is 5.92 Å². The highest BCUT2D eigenvalue weighted by atomic mass is 79.9. The molecule has 1 atom stereocenters. The van der Waals surface area contributed by atoms with E-state index >= 15 is 0 Å². The number of rotatable bonds is 3. The Labute approximate surface area is 83.3 Å². The number of hydrogen-bond donors (Lipinski definition) is 0. The van der Waals surface area contributed by atoms with E-state index in [1.807, 2.05) is 0 Å². The summed E-state index contributed by atoms with van der Waals surface area (Å²) in [6.07, 6.45) is 5.09. The second-order valence-electron chi connectivity index (χ2n) is 3.58. The van der Waals surface area contributed by atoms with Crippen molar-refractivity contribution >= 4 is 15.9 Å². The molecule has 2 heteroatoms. The lowest BCUT2D eigenvalue weighted by Gasteiger charge is -2.11. The molecule has 1 rings (SSSR count). The highest BCUT2D eigenvalue weighted by molar-refractivity contribution is 9.09. The molecule has 1 saturated heterocycles. The summed E-state index contributed by atoms with van der Waals surface area (Å²) in [5, 5.41) is 0.977. The van der Waals surface area contributed by atoms with Gasteiger partial charge in [-0.15, -0.1) is 0 Å². The molecule has 0 aromatic heterocycles. The van der Waals surface area contributed by atoms with E-state index in [0.29, 0.717) is 12.0 Å². The van der Waals surface area contributed by atoms with Crippen LogP contribution >= 0.6 is 15.9 Å². The minimum atomic E-state index is 0.389. The third kappa shape index (κ3) is 2.91. The zero-order valence-electron chi connectivity index (χ0n) is 7.85. The highest BCUT2D eigenvalue weighted by Crippen LogP contribution is 2.19. The first kappa shape index (κ1) is 10.3. The van der Waals surface area contributed by atoms with Crippen LogP contribution < -0.4 is 0 Å². The topological polar surface area (TPSA) is 9.23 Å². The number of hydrogen-bond acceptors (Lipinski definition) is 1. The Hall–Kier alpha value is 0.180. The van der Waals surface area contributed by atoms with Crippen molar-refractivity contribution in [3.63, 3.8) is 0 Å². The molecule has 0 aromatic rings. The van der Waals surface area contributed by atoms with Crippen LogP contribution in [0.3, 0.4) is 0 Å². The van der Waals surface area contributed by atoms with Crippen LogP contribution in [0.4, 0.5) is 0 Å². The first-order valence-electron chi connectivity index (χ1n) is 4.62. The van der Waals surface area contributed by atoms with Crippen LogP contribution in [0.15, 0.2) is 11.6 Å². The number of ether oxygens (including phenoxy) is 1. The van der Waals surface area contributed by atoms with E-state index in [0.717, 1.165) is 11.9 Å². The van der Waals surface area contributed by atoms with Crippen LogP contribution in [-0.4, -0.2) is 18.0 Å². The third-order valence-electron chi connectivity index (χ3n) is 2.26. The Morgan fingerprint density at radius 2 is 2.42 bits per heavy atom. The second kappa shape index (κ2) is 5.03. The summed E-state index contributed by atoms with van der Waals surface area (Å²) in [6, 6.07) is 0. The van der Waals surface area contributed by atoms with Crippen molar-refractivity contribution in [3.8, 4) is 0 Å². The van der Waals surface area contributed by atoms with E-state index in [1.54, 1.807) is 0 Å². The standard InChI is InChI=1S/C10H17BrO/c1-8(2)9(7-11)6-10-4-3-5-12-10/h6,8,10H,3-5,7H2,1-2H3/b9-6-. The minimum absolute atomic E-state index is 0.389. The minimum Gasteiger partial charge on any atom is -0.374 e. The van der Waals surface area contributed by atoms with Gasteiger partial charge in [0.25, 0.3) is 0 Å². The molecule has 1 heterocycles. The van der Waals surface area contributed by atoms with Gasteiger partial charge in [-0.25, -0.2) is 0 Å². The van der Waals surface area contributed by atoms with Crippen molar-refractivity contribution in [1.29, 1.82) is 0 Å². The Morgan fingerprint density at radius 3 is 2.83 bits per heavy atom. The lowest BCUT2D eigenvalue weighted by molar-refractivity contribution is 0.144. The van der Waals surface area contributed by atoms with E-state index in [1.165, 1.54) is 18.4 Å². The van der Waals surface area contributed by atoms with E-state index in [2.05, 4.69) is 35.9 Å². The van der Waals surface area contributed by atoms with Gasteiger partial charge in [-0.1, -0.05) is 41.4 Å². The van der Waals surface area contributed by atoms with E-state index in [4.69, 9.17) is 4.74 Å². The molecular weight excluding hydrogens is 216 g/mol. The van der Waals surface area contributed by atoms with Crippen LogP contribution in [0.1, 0.15) is 26.7 Å². The number of alkyl halides is 1. The van der Waals surface area contributed by atoms with E-state index < -0.39 is 0 Å². The molecule has 1 aliphatic rings. The molecule has 0 bridgehead atoms. The fraction of sp³-hybridized carbons (Fsp3) is 0.800. The molecule has 0 aliphatic carbocycles. The summed E-state index contributed by atoms with van der Waals surface area (Å²) in [5.41, 5.74) is 1.46. The van der Waals surface area contributed by atoms with Gasteiger partial charge in [0.15, 0.2) is 0 Å². The Morgan fingerprint density at radius 1 is 1.67 bits per heavy atom. The molecule has 0 radical (unpaired) electrons. The molecule has 12 heavy (non-hydrogen) atoms. The maximum atomic E-state index is 5.54. The third-order valence-corrected chi connectivity index (χ3v) is 2.91. The summed E-state index contributed by atoms with van der Waals surface area (Å²) in [6.45, 7) is 5.39. The zero-order valence-corrected chi connectivity index (χ0v) is 9.43. The molecule has 0 amide bonds. The Kier molecular flexibility index (Phi) is 4.30. The van der Waals surface area contributed by atoms with Crippen molar-refractivity contribution < 1.29 is 4.74 Å². The summed E-state index contributed by atoms with van der Waals surface area (Å²) in [5.74, 6) is 0.633. The van der Waals surface area contributed by atoms with Crippen LogP contribution in [0.5, 0.6) is 0 Å². The molecule has 0 saturated carbocycles. The van der Waals surface area contributed by atoms with Gasteiger partial charge in [0.05, 0.1) is 6.10 Å². The van der Waals surface area contributed by atoms with Gasteiger partial charge < -0.3 is 4.74 Å². The van der Waals surface area contributed by atoms with Crippen LogP contribution in [0.25, 0.3) is 0 Å². The van der Waals surface area contributed by atoms with Gasteiger partial charge >= 0.3 is 0 Å². The van der Waals surface area contributed by atoms with Gasteiger partial charge in [0, 0.05) is 11.9 Å². The summed E-state index contributed by atoms with van der Waals surface area (Å²) < 4.78 is 5.54. The molecule has 1 fully saturated rings. The summed E-state index contributed by atoms with van der Waals surface area (Å²) >= 11 is 3.50. The summed E-state index contributed by atoms with van der Waals surface area (Å²) in [7, 11) is 0. The molecule has 0 spiro atoms. The Balaban J connectivity index is 2.50. The van der Waals surface area contributed by atoms with E-state index in [-0.39, 0.29) is 0 Å². The first-order valence-corrected chi connectivity index (χ1v) is 5.74. The monoisotopic (exact) mass is 232 g/mol. The Bertz CT molecular complexity index is 157. The number of halogens is 1. The lowest BCUT2D eigenvalue weighted by atomic mass is 10.0. The molecule has 1 unspecified atom stereocenters. The zero-order chi connectivity index (χ0) is 8.97. The maximum absolute atomic E-state index is 5.54. The van der Waals surface area contributed by atoms with Crippen molar-refractivity contribution in [1.82, 2.24) is 0 Å². The van der Waals surface area contributed by atoms with Gasteiger partial charge in [0.1, 0.15) is 0 Å². The van der Waals surface area contributed by atoms with Crippen molar-refractivity contribution in [2.45, 2.75) is 32.8 Å². The van der Waals surface area contributed by atoms with Crippen LogP contribution in [-0.2, 0) is 4.74 Å². The molecule has 1 aliphatic heterocycles. The lowest BCUT2D eigenvalue weighted by Crippen LogP contribution is -2.05. The normalized spacial score (nSPS) is 25.3. The molecule has 1 nitrogen and oxygen atoms in total. The van der Waals surface area contributed by atoms with Crippen molar-refractivity contribution in [3.05, 3.63) is 11.6 Å². The van der Waals surface area contributed by atoms with E-state index in [9.17, 15) is 0 Å². The number of allylic oxidation sites excluding steroid dienone is 1. The maximum Gasteiger partial charge on any atom is 0.0759 e. The quantitative estimate of drug-likeness (QED) is 0.537. The second-order valence-corrected chi connectivity index (χ2v) is 4.14. The molecule has 0 aromatic carbocycles. The van der Waals surface area contributed by atoms with Crippen LogP contribution in [0.2, 0.25) is 0 Å². The SMILES string of the molecule is CC(C)/C(=C\C1CCCO1)CBr. The van der Waals surface area contributed by atoms with Gasteiger partial charge in [-0.05, 0) is 18.8 Å². The molecular formula is C10H17BrO. The van der Waals surface area contributed by atoms with Crippen molar-refractivity contribution in [2.75, 3.05) is 11.9 Å². The fourth-order valence-electron chi connectivity index (χ4n) is 1.36. The first-order chi connectivity index (χ1) is 5.74. The smallest absolute Gasteiger partial charge is 0.0759 e. The average Bonchev–Trinajstić information content (AvgIpc) is 2.51. The summed E-state index contributed by atoms with van der Waals surface area (Å²) in [4.78, 5) is 0. The molecule has 70 valence electrons. The molecule has 0 N–H and O–H groups in total. The van der Waals surface area contributed by atoms with Crippen LogP contribution in [0, 0.1) is 5.92 Å². The highest BCUT2D eigenvalue weighted by Gasteiger charge is 2.14. The average molecular weight is 233 g/mol. The van der Waals surface area contributed by atoms with Gasteiger partial charge in [-0.2, -0.15) is 0 Å². The van der Waals surface area contributed by atoms with Gasteiger partial charge in [-0.3, -0.25) is 0 Å². The van der Waals surface area contributed by atoms with Gasteiger partial charge in [0.2, 0.25) is 0 Å². The largest absolute Gasteiger partial charge is 0.374 e. The predicted octanol–water partition coefficient (Wildman–Crippen LogP) is 3.14. The fourth-order valence-corrected chi connectivity index (χ4v) is 2.20. The predicted molar refractivity (Wildman–Crippen MR) is 55.7 cm³/mol.